The number of anilines is 1. The average Bonchev–Trinajstić information content (AvgIpc) is 2.97. The van der Waals surface area contributed by atoms with E-state index in [1.54, 1.807) is 7.05 Å². The Hall–Kier alpha value is -3.11. The summed E-state index contributed by atoms with van der Waals surface area (Å²) >= 11 is 5.91. The first-order valence-electron chi connectivity index (χ1n) is 7.61. The summed E-state index contributed by atoms with van der Waals surface area (Å²) in [5.41, 5.74) is 1.20. The zero-order chi connectivity index (χ0) is 19.4. The summed E-state index contributed by atoms with van der Waals surface area (Å²) in [5, 5.41) is 11.6. The Balaban J connectivity index is 2.05. The average molecular weight is 374 g/mol. The van der Waals surface area contributed by atoms with Gasteiger partial charge in [0.1, 0.15) is 11.8 Å². The monoisotopic (exact) mass is 373 g/mol. The minimum absolute atomic E-state index is 0.163. The van der Waals surface area contributed by atoms with Crippen molar-refractivity contribution in [3.8, 4) is 6.07 Å². The van der Waals surface area contributed by atoms with Crippen molar-refractivity contribution >= 4 is 34.9 Å². The highest BCUT2D eigenvalue weighted by atomic mass is 35.5. The van der Waals surface area contributed by atoms with Gasteiger partial charge in [-0.05, 0) is 38.1 Å². The molecule has 8 heteroatoms. The van der Waals surface area contributed by atoms with Gasteiger partial charge in [0.05, 0.1) is 10.6 Å². The lowest BCUT2D eigenvalue weighted by Crippen LogP contribution is -2.30. The molecule has 0 radical (unpaired) electrons. The number of aryl methyl sites for hydroxylation is 1. The van der Waals surface area contributed by atoms with Crippen molar-refractivity contribution in [2.45, 2.75) is 20.0 Å². The van der Waals surface area contributed by atoms with E-state index in [1.807, 2.05) is 6.07 Å². The van der Waals surface area contributed by atoms with Crippen LogP contribution in [0.5, 0.6) is 0 Å². The molecular weight excluding hydrogens is 358 g/mol. The third kappa shape index (κ3) is 4.29. The standard InChI is InChI=1S/C18H16ClN3O4/c1-10(23)13-6-16(22(3)9-13)18(25)26-11(2)17(24)21-14-5-4-12(8-20)15(19)7-14/h4-7,9,11H,1-3H3,(H,21,24)/t11-/m1/s1. The fourth-order valence-electron chi connectivity index (χ4n) is 2.16. The summed E-state index contributed by atoms with van der Waals surface area (Å²) in [6, 6.07) is 7.76. The Labute approximate surface area is 155 Å². The minimum atomic E-state index is -1.08. The van der Waals surface area contributed by atoms with Crippen LogP contribution in [0, 0.1) is 11.3 Å². The molecule has 7 nitrogen and oxygen atoms in total. The van der Waals surface area contributed by atoms with Crippen LogP contribution in [0.4, 0.5) is 5.69 Å². The van der Waals surface area contributed by atoms with Gasteiger partial charge in [0, 0.05) is 24.5 Å². The van der Waals surface area contributed by atoms with E-state index in [0.717, 1.165) is 0 Å². The third-order valence-corrected chi connectivity index (χ3v) is 3.94. The van der Waals surface area contributed by atoms with Crippen molar-refractivity contribution < 1.29 is 19.1 Å². The second-order valence-electron chi connectivity index (χ2n) is 5.62. The first-order valence-corrected chi connectivity index (χ1v) is 7.99. The van der Waals surface area contributed by atoms with Crippen LogP contribution in [0.2, 0.25) is 5.02 Å². The number of esters is 1. The second-order valence-corrected chi connectivity index (χ2v) is 6.03. The van der Waals surface area contributed by atoms with Gasteiger partial charge in [0.25, 0.3) is 5.91 Å². The number of ketones is 1. The zero-order valence-electron chi connectivity index (χ0n) is 14.4. The fourth-order valence-corrected chi connectivity index (χ4v) is 2.38. The molecule has 1 aromatic carbocycles. The summed E-state index contributed by atoms with van der Waals surface area (Å²) in [6.45, 7) is 2.82. The highest BCUT2D eigenvalue weighted by Crippen LogP contribution is 2.20. The number of Topliss-reactive ketones (excluding diaryl/α,β-unsaturated/α-hetero) is 1. The van der Waals surface area contributed by atoms with Gasteiger partial charge in [-0.3, -0.25) is 9.59 Å². The van der Waals surface area contributed by atoms with E-state index in [-0.39, 0.29) is 22.1 Å². The van der Waals surface area contributed by atoms with E-state index < -0.39 is 18.0 Å². The lowest BCUT2D eigenvalue weighted by Gasteiger charge is -2.14. The molecule has 0 saturated carbocycles. The summed E-state index contributed by atoms with van der Waals surface area (Å²) in [6.07, 6.45) is 0.440. The predicted octanol–water partition coefficient (Wildman–Crippen LogP) is 2.94. The van der Waals surface area contributed by atoms with Crippen molar-refractivity contribution in [3.05, 3.63) is 52.3 Å². The van der Waals surface area contributed by atoms with Crippen LogP contribution in [-0.2, 0) is 16.6 Å². The Morgan fingerprint density at radius 1 is 1.31 bits per heavy atom. The molecule has 1 heterocycles. The molecule has 26 heavy (non-hydrogen) atoms. The number of nitriles is 1. The van der Waals surface area contributed by atoms with Crippen molar-refractivity contribution in [2.75, 3.05) is 5.32 Å². The molecule has 134 valence electrons. The zero-order valence-corrected chi connectivity index (χ0v) is 15.1. The van der Waals surface area contributed by atoms with Gasteiger partial charge in [-0.2, -0.15) is 5.26 Å². The highest BCUT2D eigenvalue weighted by Gasteiger charge is 2.22. The first kappa shape index (κ1) is 19.2. The van der Waals surface area contributed by atoms with Crippen LogP contribution >= 0.6 is 11.6 Å². The molecule has 0 spiro atoms. The van der Waals surface area contributed by atoms with Gasteiger partial charge in [-0.25, -0.2) is 4.79 Å². The van der Waals surface area contributed by atoms with Gasteiger partial charge in [0.15, 0.2) is 11.9 Å². The maximum absolute atomic E-state index is 12.2. The maximum Gasteiger partial charge on any atom is 0.355 e. The molecule has 0 saturated heterocycles. The number of nitrogens with one attached hydrogen (secondary N) is 1. The summed E-state index contributed by atoms with van der Waals surface area (Å²) in [5.74, 6) is -1.45. The van der Waals surface area contributed by atoms with Crippen molar-refractivity contribution in [3.63, 3.8) is 0 Å². The predicted molar refractivity (Wildman–Crippen MR) is 95.1 cm³/mol. The quantitative estimate of drug-likeness (QED) is 0.641. The summed E-state index contributed by atoms with van der Waals surface area (Å²) in [4.78, 5) is 35.8. The lowest BCUT2D eigenvalue weighted by molar-refractivity contribution is -0.123. The van der Waals surface area contributed by atoms with Crippen molar-refractivity contribution in [2.24, 2.45) is 7.05 Å². The van der Waals surface area contributed by atoms with Gasteiger partial charge in [-0.1, -0.05) is 11.6 Å². The van der Waals surface area contributed by atoms with E-state index >= 15 is 0 Å². The Bertz CT molecular complexity index is 927. The smallest absolute Gasteiger partial charge is 0.355 e. The number of ether oxygens (including phenoxy) is 1. The molecule has 0 aliphatic heterocycles. The van der Waals surface area contributed by atoms with Gasteiger partial charge < -0.3 is 14.6 Å². The molecule has 1 N–H and O–H groups in total. The molecule has 0 unspecified atom stereocenters. The number of carbonyl (C=O) groups excluding carboxylic acids is 3. The SMILES string of the molecule is CC(=O)c1cc(C(=O)O[C@H](C)C(=O)Nc2ccc(C#N)c(Cl)c2)n(C)c1. The van der Waals surface area contributed by atoms with E-state index in [4.69, 9.17) is 21.6 Å². The molecule has 1 amide bonds. The fraction of sp³-hybridized carbons (Fsp3) is 0.222. The van der Waals surface area contributed by atoms with Gasteiger partial charge in [0.2, 0.25) is 0 Å². The Morgan fingerprint density at radius 2 is 2.00 bits per heavy atom. The number of halogens is 1. The molecule has 0 aliphatic rings. The molecule has 1 atom stereocenters. The number of hydrogen-bond donors (Lipinski definition) is 1. The van der Waals surface area contributed by atoms with E-state index in [9.17, 15) is 14.4 Å². The normalized spacial score (nSPS) is 11.3. The summed E-state index contributed by atoms with van der Waals surface area (Å²) < 4.78 is 6.61. The van der Waals surface area contributed by atoms with Crippen LogP contribution in [-0.4, -0.2) is 28.3 Å². The third-order valence-electron chi connectivity index (χ3n) is 3.63. The number of carbonyl (C=O) groups is 3. The number of rotatable bonds is 5. The van der Waals surface area contributed by atoms with Gasteiger partial charge in [-0.15, -0.1) is 0 Å². The molecule has 2 aromatic rings. The lowest BCUT2D eigenvalue weighted by atomic mass is 10.2. The molecule has 2 rings (SSSR count). The van der Waals surface area contributed by atoms with Crippen LogP contribution < -0.4 is 5.32 Å². The van der Waals surface area contributed by atoms with Crippen LogP contribution in [0.25, 0.3) is 0 Å². The van der Waals surface area contributed by atoms with E-state index in [0.29, 0.717) is 11.3 Å². The van der Waals surface area contributed by atoms with Crippen LogP contribution in [0.1, 0.15) is 40.3 Å². The largest absolute Gasteiger partial charge is 0.448 e. The summed E-state index contributed by atoms with van der Waals surface area (Å²) in [7, 11) is 1.60. The molecule has 0 fully saturated rings. The number of benzene rings is 1. The second kappa shape index (κ2) is 7.85. The first-order chi connectivity index (χ1) is 12.2. The number of hydrogen-bond acceptors (Lipinski definition) is 5. The maximum atomic E-state index is 12.2. The molecule has 0 bridgehead atoms. The van der Waals surface area contributed by atoms with Crippen molar-refractivity contribution in [1.82, 2.24) is 4.57 Å². The number of amides is 1. The van der Waals surface area contributed by atoms with E-state index in [2.05, 4.69) is 5.32 Å². The topological polar surface area (TPSA) is 101 Å². The molecule has 1 aromatic heterocycles. The number of aromatic nitrogens is 1. The van der Waals surface area contributed by atoms with Crippen LogP contribution in [0.3, 0.4) is 0 Å². The highest BCUT2D eigenvalue weighted by molar-refractivity contribution is 6.32. The Morgan fingerprint density at radius 3 is 2.54 bits per heavy atom. The minimum Gasteiger partial charge on any atom is -0.448 e. The molecular formula is C18H16ClN3O4. The molecule has 0 aliphatic carbocycles. The van der Waals surface area contributed by atoms with E-state index in [1.165, 1.54) is 48.9 Å². The van der Waals surface area contributed by atoms with Crippen molar-refractivity contribution in [1.29, 1.82) is 5.26 Å². The number of nitrogens with zero attached hydrogens (tertiary/aromatic N) is 2. The Kier molecular flexibility index (Phi) is 5.80. The van der Waals surface area contributed by atoms with Crippen LogP contribution in [0.15, 0.2) is 30.5 Å². The van der Waals surface area contributed by atoms with Gasteiger partial charge >= 0.3 is 5.97 Å².